The van der Waals surface area contributed by atoms with E-state index >= 15 is 0 Å². The van der Waals surface area contributed by atoms with Crippen LogP contribution >= 0.6 is 0 Å². The fraction of sp³-hybridized carbons (Fsp3) is 0.538. The van der Waals surface area contributed by atoms with Crippen LogP contribution in [0.5, 0.6) is 0 Å². The maximum Gasteiger partial charge on any atom is 0.0402 e. The first-order valence-corrected chi connectivity index (χ1v) is 5.82. The Hall–Kier alpha value is -1.02. The molecule has 1 rings (SSSR count). The molecule has 0 aromatic heterocycles. The van der Waals surface area contributed by atoms with Crippen molar-refractivity contribution in [2.75, 3.05) is 25.0 Å². The van der Waals surface area contributed by atoms with Crippen molar-refractivity contribution in [3.63, 3.8) is 0 Å². The third-order valence-corrected chi connectivity index (χ3v) is 2.59. The number of aryl methyl sites for hydroxylation is 2. The number of benzene rings is 1. The lowest BCUT2D eigenvalue weighted by Gasteiger charge is -2.13. The standard InChI is InChI=1S/C13H22N2/c1-4-12-8-6-7-11(3)13(12)15-10-9-14-5-2/h6-8,14-15H,4-5,9-10H2,1-3H3. The lowest BCUT2D eigenvalue weighted by atomic mass is 10.1. The van der Waals surface area contributed by atoms with Crippen molar-refractivity contribution in [2.24, 2.45) is 0 Å². The molecule has 1 aromatic rings. The summed E-state index contributed by atoms with van der Waals surface area (Å²) in [6.07, 6.45) is 1.09. The van der Waals surface area contributed by atoms with Gasteiger partial charge in [0.2, 0.25) is 0 Å². The van der Waals surface area contributed by atoms with Gasteiger partial charge in [0.15, 0.2) is 0 Å². The van der Waals surface area contributed by atoms with Gasteiger partial charge in [-0.15, -0.1) is 0 Å². The monoisotopic (exact) mass is 206 g/mol. The third-order valence-electron chi connectivity index (χ3n) is 2.59. The first-order chi connectivity index (χ1) is 7.29. The predicted octanol–water partition coefficient (Wildman–Crippen LogP) is 2.58. The summed E-state index contributed by atoms with van der Waals surface area (Å²) in [5.74, 6) is 0. The first kappa shape index (κ1) is 12.1. The number of para-hydroxylation sites is 1. The number of rotatable bonds is 6. The highest BCUT2D eigenvalue weighted by molar-refractivity contribution is 5.57. The maximum atomic E-state index is 3.50. The Morgan fingerprint density at radius 3 is 2.60 bits per heavy atom. The van der Waals surface area contributed by atoms with E-state index in [1.54, 1.807) is 0 Å². The van der Waals surface area contributed by atoms with Gasteiger partial charge in [-0.05, 0) is 31.0 Å². The molecule has 0 unspecified atom stereocenters. The molecule has 0 bridgehead atoms. The van der Waals surface area contributed by atoms with E-state index in [0.29, 0.717) is 0 Å². The Morgan fingerprint density at radius 2 is 1.93 bits per heavy atom. The van der Waals surface area contributed by atoms with Crippen LogP contribution in [-0.4, -0.2) is 19.6 Å². The van der Waals surface area contributed by atoms with E-state index in [1.165, 1.54) is 16.8 Å². The van der Waals surface area contributed by atoms with E-state index in [4.69, 9.17) is 0 Å². The largest absolute Gasteiger partial charge is 0.383 e. The van der Waals surface area contributed by atoms with Crippen molar-refractivity contribution in [3.05, 3.63) is 29.3 Å². The van der Waals surface area contributed by atoms with Gasteiger partial charge in [0.1, 0.15) is 0 Å². The normalized spacial score (nSPS) is 10.3. The van der Waals surface area contributed by atoms with Crippen molar-refractivity contribution < 1.29 is 0 Å². The highest BCUT2D eigenvalue weighted by Crippen LogP contribution is 2.20. The second-order valence-corrected chi connectivity index (χ2v) is 3.74. The zero-order valence-corrected chi connectivity index (χ0v) is 10.1. The lowest BCUT2D eigenvalue weighted by Crippen LogP contribution is -2.22. The van der Waals surface area contributed by atoms with Crippen LogP contribution < -0.4 is 10.6 Å². The molecule has 0 radical (unpaired) electrons. The third kappa shape index (κ3) is 3.56. The smallest absolute Gasteiger partial charge is 0.0402 e. The number of anilines is 1. The molecule has 0 heterocycles. The highest BCUT2D eigenvalue weighted by atomic mass is 14.9. The minimum atomic E-state index is 0.992. The van der Waals surface area contributed by atoms with Crippen LogP contribution in [0.1, 0.15) is 25.0 Å². The highest BCUT2D eigenvalue weighted by Gasteiger charge is 2.02. The quantitative estimate of drug-likeness (QED) is 0.699. The molecule has 2 heteroatoms. The van der Waals surface area contributed by atoms with E-state index < -0.39 is 0 Å². The lowest BCUT2D eigenvalue weighted by molar-refractivity contribution is 0.738. The Bertz CT molecular complexity index is 295. The van der Waals surface area contributed by atoms with Crippen molar-refractivity contribution in [1.29, 1.82) is 0 Å². The van der Waals surface area contributed by atoms with E-state index in [2.05, 4.69) is 49.6 Å². The summed E-state index contributed by atoms with van der Waals surface area (Å²) in [4.78, 5) is 0. The number of hydrogen-bond acceptors (Lipinski definition) is 2. The summed E-state index contributed by atoms with van der Waals surface area (Å²) in [6, 6.07) is 6.49. The van der Waals surface area contributed by atoms with Crippen LogP contribution in [0.3, 0.4) is 0 Å². The Labute approximate surface area is 93.1 Å². The molecule has 2 N–H and O–H groups in total. The molecule has 0 atom stereocenters. The van der Waals surface area contributed by atoms with Crippen LogP contribution in [0.15, 0.2) is 18.2 Å². The number of likely N-dealkylation sites (N-methyl/N-ethyl adjacent to an activating group) is 1. The van der Waals surface area contributed by atoms with Crippen LogP contribution in [0.25, 0.3) is 0 Å². The molecule has 0 aliphatic heterocycles. The summed E-state index contributed by atoms with van der Waals surface area (Å²) in [5, 5.41) is 6.82. The van der Waals surface area contributed by atoms with E-state index in [0.717, 1.165) is 26.1 Å². The van der Waals surface area contributed by atoms with Gasteiger partial charge in [0.25, 0.3) is 0 Å². The molecule has 0 saturated heterocycles. The molecule has 15 heavy (non-hydrogen) atoms. The zero-order chi connectivity index (χ0) is 11.1. The molecule has 0 aliphatic carbocycles. The van der Waals surface area contributed by atoms with Gasteiger partial charge in [-0.2, -0.15) is 0 Å². The van der Waals surface area contributed by atoms with Gasteiger partial charge in [-0.3, -0.25) is 0 Å². The van der Waals surface area contributed by atoms with Crippen molar-refractivity contribution in [2.45, 2.75) is 27.2 Å². The summed E-state index contributed by atoms with van der Waals surface area (Å²) in [7, 11) is 0. The second-order valence-electron chi connectivity index (χ2n) is 3.74. The van der Waals surface area contributed by atoms with Crippen molar-refractivity contribution in [1.82, 2.24) is 5.32 Å². The van der Waals surface area contributed by atoms with Gasteiger partial charge in [0, 0.05) is 18.8 Å². The van der Waals surface area contributed by atoms with Gasteiger partial charge >= 0.3 is 0 Å². The molecule has 0 amide bonds. The van der Waals surface area contributed by atoms with E-state index in [9.17, 15) is 0 Å². The summed E-state index contributed by atoms with van der Waals surface area (Å²) in [6.45, 7) is 9.54. The number of hydrogen-bond donors (Lipinski definition) is 2. The van der Waals surface area contributed by atoms with Gasteiger partial charge < -0.3 is 10.6 Å². The molecular weight excluding hydrogens is 184 g/mol. The molecule has 2 nitrogen and oxygen atoms in total. The Morgan fingerprint density at radius 1 is 1.13 bits per heavy atom. The molecule has 0 spiro atoms. The minimum absolute atomic E-state index is 0.992. The summed E-state index contributed by atoms with van der Waals surface area (Å²) in [5.41, 5.74) is 4.07. The van der Waals surface area contributed by atoms with Crippen LogP contribution in [0.4, 0.5) is 5.69 Å². The molecular formula is C13H22N2. The fourth-order valence-corrected chi connectivity index (χ4v) is 1.73. The average molecular weight is 206 g/mol. The van der Waals surface area contributed by atoms with Crippen LogP contribution in [0, 0.1) is 6.92 Å². The molecule has 0 saturated carbocycles. The SMILES string of the molecule is CCNCCNc1c(C)cccc1CC. The van der Waals surface area contributed by atoms with Gasteiger partial charge in [0.05, 0.1) is 0 Å². The van der Waals surface area contributed by atoms with Crippen molar-refractivity contribution in [3.8, 4) is 0 Å². The molecule has 0 aliphatic rings. The predicted molar refractivity (Wildman–Crippen MR) is 67.6 cm³/mol. The summed E-state index contributed by atoms with van der Waals surface area (Å²) >= 11 is 0. The minimum Gasteiger partial charge on any atom is -0.383 e. The fourth-order valence-electron chi connectivity index (χ4n) is 1.73. The van der Waals surface area contributed by atoms with E-state index in [-0.39, 0.29) is 0 Å². The zero-order valence-electron chi connectivity index (χ0n) is 10.1. The first-order valence-electron chi connectivity index (χ1n) is 5.82. The van der Waals surface area contributed by atoms with Gasteiger partial charge in [-0.1, -0.05) is 32.0 Å². The van der Waals surface area contributed by atoms with Crippen LogP contribution in [0.2, 0.25) is 0 Å². The number of nitrogens with one attached hydrogen (secondary N) is 2. The van der Waals surface area contributed by atoms with Crippen molar-refractivity contribution >= 4 is 5.69 Å². The average Bonchev–Trinajstić information content (AvgIpc) is 2.26. The second kappa shape index (κ2) is 6.46. The Kier molecular flexibility index (Phi) is 5.19. The Balaban J connectivity index is 2.58. The van der Waals surface area contributed by atoms with Gasteiger partial charge in [-0.25, -0.2) is 0 Å². The van der Waals surface area contributed by atoms with E-state index in [1.807, 2.05) is 0 Å². The van der Waals surface area contributed by atoms with Crippen LogP contribution in [-0.2, 0) is 6.42 Å². The molecule has 1 aromatic carbocycles. The maximum absolute atomic E-state index is 3.50. The molecule has 0 fully saturated rings. The summed E-state index contributed by atoms with van der Waals surface area (Å²) < 4.78 is 0. The molecule has 84 valence electrons. The topological polar surface area (TPSA) is 24.1 Å².